The molecular weight excluding hydrogens is 536 g/mol. The molecule has 11 heteroatoms. The Morgan fingerprint density at radius 3 is 2.60 bits per heavy atom. The molecule has 0 bridgehead atoms. The quantitative estimate of drug-likeness (QED) is 0.144. The molecule has 0 unspecified atom stereocenters. The molecule has 216 valence electrons. The zero-order valence-electron chi connectivity index (χ0n) is 23.6. The summed E-state index contributed by atoms with van der Waals surface area (Å²) in [7, 11) is 1.47. The van der Waals surface area contributed by atoms with Crippen molar-refractivity contribution >= 4 is 51.0 Å². The molecule has 0 spiro atoms. The van der Waals surface area contributed by atoms with Gasteiger partial charge in [0.05, 0.1) is 24.3 Å². The fourth-order valence-corrected chi connectivity index (χ4v) is 4.88. The second kappa shape index (κ2) is 12.1. The number of hydrogen-bond donors (Lipinski definition) is 4. The van der Waals surface area contributed by atoms with Crippen molar-refractivity contribution in [2.75, 3.05) is 17.7 Å². The molecule has 1 amide bonds. The van der Waals surface area contributed by atoms with Crippen LogP contribution in [0.2, 0.25) is 0 Å². The van der Waals surface area contributed by atoms with Crippen LogP contribution in [-0.2, 0) is 11.2 Å². The van der Waals surface area contributed by atoms with Gasteiger partial charge in [0.2, 0.25) is 5.91 Å². The van der Waals surface area contributed by atoms with E-state index in [4.69, 9.17) is 14.7 Å². The maximum Gasteiger partial charge on any atom is 0.432 e. The van der Waals surface area contributed by atoms with Crippen molar-refractivity contribution in [2.45, 2.75) is 46.0 Å². The average Bonchev–Trinajstić information content (AvgIpc) is 3.40. The van der Waals surface area contributed by atoms with Gasteiger partial charge in [0, 0.05) is 40.2 Å². The average molecular weight is 569 g/mol. The molecule has 42 heavy (non-hydrogen) atoms. The Labute approximate surface area is 242 Å². The zero-order chi connectivity index (χ0) is 29.8. The topological polar surface area (TPSA) is 151 Å². The van der Waals surface area contributed by atoms with Crippen LogP contribution in [0, 0.1) is 0 Å². The number of phenols is 1. The minimum atomic E-state index is -1.15. The van der Waals surface area contributed by atoms with Crippen molar-refractivity contribution in [1.82, 2.24) is 19.7 Å². The van der Waals surface area contributed by atoms with Gasteiger partial charge in [0.25, 0.3) is 0 Å². The van der Waals surface area contributed by atoms with Gasteiger partial charge < -0.3 is 25.6 Å². The summed E-state index contributed by atoms with van der Waals surface area (Å²) in [6.07, 6.45) is 4.04. The number of carboxylic acid groups (broad SMARTS) is 1. The van der Waals surface area contributed by atoms with E-state index in [9.17, 15) is 19.8 Å². The lowest BCUT2D eigenvalue weighted by Crippen LogP contribution is -2.10. The van der Waals surface area contributed by atoms with Crippen molar-refractivity contribution in [3.05, 3.63) is 60.3 Å². The molecule has 3 aromatic carbocycles. The predicted molar refractivity (Wildman–Crippen MR) is 162 cm³/mol. The van der Waals surface area contributed by atoms with Crippen LogP contribution in [0.25, 0.3) is 33.2 Å². The van der Waals surface area contributed by atoms with Crippen molar-refractivity contribution in [2.24, 2.45) is 0 Å². The van der Waals surface area contributed by atoms with E-state index in [2.05, 4.69) is 22.7 Å². The van der Waals surface area contributed by atoms with E-state index < -0.39 is 6.09 Å². The van der Waals surface area contributed by atoms with Crippen molar-refractivity contribution in [1.29, 1.82) is 0 Å². The van der Waals surface area contributed by atoms with Crippen LogP contribution in [0.3, 0.4) is 0 Å². The van der Waals surface area contributed by atoms with Gasteiger partial charge in [0.1, 0.15) is 5.82 Å². The second-order valence-electron chi connectivity index (χ2n) is 9.96. The fraction of sp³-hybridized carbons (Fsp3) is 0.258. The van der Waals surface area contributed by atoms with Crippen molar-refractivity contribution in [3.8, 4) is 22.9 Å². The number of aryl methyl sites for hydroxylation is 1. The predicted octanol–water partition coefficient (Wildman–Crippen LogP) is 6.71. The lowest BCUT2D eigenvalue weighted by atomic mass is 10.0. The van der Waals surface area contributed by atoms with Crippen LogP contribution in [0.1, 0.15) is 45.1 Å². The number of aromatic nitrogens is 4. The van der Waals surface area contributed by atoms with Gasteiger partial charge in [-0.25, -0.2) is 14.8 Å². The Bertz CT molecular complexity index is 1800. The number of anilines is 3. The standard InChI is InChI=1S/C31H32N6O5/c1-4-6-9-18-12-22(14-20-17-32-37(28(18)20)31(40)41)34-30-23-15-25(38)26(42-3)16-24(23)35-29(36-30)19-10-7-11-21(13-19)33-27(39)8-5-2/h7,10-17,38H,4-6,8-9H2,1-3H3,(H,33,39)(H,40,41)(H,34,35,36). The number of phenolic OH excluding ortho intramolecular Hbond substituents is 1. The molecule has 0 aliphatic carbocycles. The summed E-state index contributed by atoms with van der Waals surface area (Å²) in [5.74, 6) is 0.960. The molecule has 5 aromatic rings. The molecule has 0 radical (unpaired) electrons. The third-order valence-corrected chi connectivity index (χ3v) is 6.86. The number of carbonyl (C=O) groups is 2. The Hall–Kier alpha value is -5.19. The molecule has 2 aromatic heterocycles. The monoisotopic (exact) mass is 568 g/mol. The summed E-state index contributed by atoms with van der Waals surface area (Å²) in [5, 5.41) is 31.8. The van der Waals surface area contributed by atoms with E-state index >= 15 is 0 Å². The molecule has 11 nitrogen and oxygen atoms in total. The highest BCUT2D eigenvalue weighted by Crippen LogP contribution is 2.36. The summed E-state index contributed by atoms with van der Waals surface area (Å²) in [5.41, 5.74) is 3.93. The highest BCUT2D eigenvalue weighted by molar-refractivity contribution is 5.97. The summed E-state index contributed by atoms with van der Waals surface area (Å²) in [6, 6.07) is 14.2. The lowest BCUT2D eigenvalue weighted by Gasteiger charge is -2.15. The number of hydrogen-bond acceptors (Lipinski definition) is 8. The number of nitrogens with zero attached hydrogens (tertiary/aromatic N) is 4. The smallest absolute Gasteiger partial charge is 0.432 e. The van der Waals surface area contributed by atoms with Crippen LogP contribution in [0.4, 0.5) is 22.0 Å². The zero-order valence-corrected chi connectivity index (χ0v) is 23.6. The van der Waals surface area contributed by atoms with Gasteiger partial charge in [-0.2, -0.15) is 9.78 Å². The van der Waals surface area contributed by atoms with Crippen LogP contribution >= 0.6 is 0 Å². The largest absolute Gasteiger partial charge is 0.504 e. The molecule has 0 aliphatic rings. The Morgan fingerprint density at radius 2 is 1.86 bits per heavy atom. The maximum absolute atomic E-state index is 12.2. The first-order valence-electron chi connectivity index (χ1n) is 13.8. The molecular formula is C31H32N6O5. The third-order valence-electron chi connectivity index (χ3n) is 6.86. The first-order valence-corrected chi connectivity index (χ1v) is 13.8. The van der Waals surface area contributed by atoms with Gasteiger partial charge in [-0.05, 0) is 55.2 Å². The van der Waals surface area contributed by atoms with Gasteiger partial charge in [-0.3, -0.25) is 4.79 Å². The number of carbonyl (C=O) groups excluding carboxylic acids is 1. The van der Waals surface area contributed by atoms with Gasteiger partial charge in [-0.15, -0.1) is 0 Å². The third kappa shape index (κ3) is 5.80. The van der Waals surface area contributed by atoms with Gasteiger partial charge in [-0.1, -0.05) is 32.4 Å². The molecule has 5 rings (SSSR count). The van der Waals surface area contributed by atoms with Gasteiger partial charge in [0.15, 0.2) is 17.3 Å². The minimum absolute atomic E-state index is 0.0631. The molecule has 4 N–H and O–H groups in total. The first kappa shape index (κ1) is 28.3. The number of benzene rings is 3. The number of unbranched alkanes of at least 4 members (excludes halogenated alkanes) is 1. The Morgan fingerprint density at radius 1 is 1.02 bits per heavy atom. The normalized spacial score (nSPS) is 11.1. The van der Waals surface area contributed by atoms with Gasteiger partial charge >= 0.3 is 6.09 Å². The number of methoxy groups -OCH3 is 1. The summed E-state index contributed by atoms with van der Waals surface area (Å²) in [6.45, 7) is 4.02. The van der Waals surface area contributed by atoms with E-state index in [0.29, 0.717) is 63.2 Å². The van der Waals surface area contributed by atoms with E-state index in [1.165, 1.54) is 13.3 Å². The highest BCUT2D eigenvalue weighted by atomic mass is 16.5. The molecule has 0 atom stereocenters. The van der Waals surface area contributed by atoms with Crippen LogP contribution in [0.15, 0.2) is 54.7 Å². The molecule has 0 saturated heterocycles. The number of amides is 1. The SMILES string of the molecule is CCCCc1cc(Nc2nc(-c3cccc(NC(=O)CCC)c3)nc3cc(OC)c(O)cc23)cc2cnn(C(=O)O)c12. The van der Waals surface area contributed by atoms with E-state index in [0.717, 1.165) is 29.5 Å². The van der Waals surface area contributed by atoms with Crippen molar-refractivity contribution < 1.29 is 24.5 Å². The highest BCUT2D eigenvalue weighted by Gasteiger charge is 2.18. The lowest BCUT2D eigenvalue weighted by molar-refractivity contribution is -0.116. The minimum Gasteiger partial charge on any atom is -0.504 e. The molecule has 0 aliphatic heterocycles. The maximum atomic E-state index is 12.2. The van der Waals surface area contributed by atoms with Crippen LogP contribution in [0.5, 0.6) is 11.5 Å². The summed E-state index contributed by atoms with van der Waals surface area (Å²) in [4.78, 5) is 33.6. The molecule has 2 heterocycles. The fourth-order valence-electron chi connectivity index (χ4n) is 4.88. The van der Waals surface area contributed by atoms with Crippen LogP contribution < -0.4 is 15.4 Å². The number of aromatic hydroxyl groups is 1. The van der Waals surface area contributed by atoms with E-state index in [-0.39, 0.29) is 17.4 Å². The van der Waals surface area contributed by atoms with E-state index in [1.807, 2.05) is 43.3 Å². The molecule has 0 fully saturated rings. The Balaban J connectivity index is 1.63. The number of nitrogens with one attached hydrogen (secondary N) is 2. The molecule has 0 saturated carbocycles. The summed E-state index contributed by atoms with van der Waals surface area (Å²) < 4.78 is 6.33. The number of ether oxygens (including phenoxy) is 1. The van der Waals surface area contributed by atoms with Crippen molar-refractivity contribution in [3.63, 3.8) is 0 Å². The van der Waals surface area contributed by atoms with Crippen LogP contribution in [-0.4, -0.2) is 49.1 Å². The Kier molecular flexibility index (Phi) is 8.19. The number of rotatable bonds is 10. The van der Waals surface area contributed by atoms with E-state index in [1.54, 1.807) is 12.1 Å². The number of fused-ring (bicyclic) bond motifs is 2. The second-order valence-corrected chi connectivity index (χ2v) is 9.96. The first-order chi connectivity index (χ1) is 20.3. The summed E-state index contributed by atoms with van der Waals surface area (Å²) >= 11 is 0.